The Balaban J connectivity index is 1.99. The summed E-state index contributed by atoms with van der Waals surface area (Å²) in [6, 6.07) is 2.03. The molecule has 2 rings (SSSR count). The minimum absolute atomic E-state index is 0.0717. The third-order valence-corrected chi connectivity index (χ3v) is 5.05. The van der Waals surface area contributed by atoms with Crippen LogP contribution in [0.2, 0.25) is 0 Å². The second-order valence-electron chi connectivity index (χ2n) is 5.09. The fourth-order valence-electron chi connectivity index (χ4n) is 2.14. The summed E-state index contributed by atoms with van der Waals surface area (Å²) < 4.78 is 22.7. The Morgan fingerprint density at radius 3 is 2.55 bits per heavy atom. The maximum Gasteiger partial charge on any atom is 0.260 e. The predicted molar refractivity (Wildman–Crippen MR) is 79.2 cm³/mol. The van der Waals surface area contributed by atoms with E-state index in [0.717, 1.165) is 0 Å². The predicted octanol–water partition coefficient (Wildman–Crippen LogP) is -1.25. The standard InChI is InChI=1S/C13H17N3O5S/c1-9(13(19)16-5-7-22(20,21)8-6-16)15-12(18)10-3-2-4-14-11(10)17/h2-4,9H,5-8H2,1H3,(H,14,17)(H,15,18). The summed E-state index contributed by atoms with van der Waals surface area (Å²) in [5.41, 5.74) is -0.618. The highest BCUT2D eigenvalue weighted by Gasteiger charge is 2.28. The number of carbonyl (C=O) groups excluding carboxylic acids is 2. The molecule has 0 spiro atoms. The van der Waals surface area contributed by atoms with Crippen molar-refractivity contribution < 1.29 is 18.0 Å². The molecule has 2 heterocycles. The molecule has 1 atom stereocenters. The third-order valence-electron chi connectivity index (χ3n) is 3.44. The Kier molecular flexibility index (Phi) is 4.65. The molecule has 120 valence electrons. The molecule has 0 saturated carbocycles. The number of pyridine rings is 1. The minimum Gasteiger partial charge on any atom is -0.340 e. The molecule has 1 aliphatic heterocycles. The zero-order valence-electron chi connectivity index (χ0n) is 12.0. The molecule has 0 radical (unpaired) electrons. The van der Waals surface area contributed by atoms with Gasteiger partial charge in [-0.1, -0.05) is 0 Å². The van der Waals surface area contributed by atoms with E-state index in [1.165, 1.54) is 30.2 Å². The highest BCUT2D eigenvalue weighted by molar-refractivity contribution is 7.91. The second kappa shape index (κ2) is 6.30. The summed E-state index contributed by atoms with van der Waals surface area (Å²) in [5.74, 6) is -1.15. The zero-order valence-corrected chi connectivity index (χ0v) is 12.9. The topological polar surface area (TPSA) is 116 Å². The normalized spacial score (nSPS) is 18.5. The van der Waals surface area contributed by atoms with Crippen molar-refractivity contribution in [2.75, 3.05) is 24.6 Å². The van der Waals surface area contributed by atoms with Gasteiger partial charge in [-0.05, 0) is 19.1 Å². The second-order valence-corrected chi connectivity index (χ2v) is 7.39. The van der Waals surface area contributed by atoms with Gasteiger partial charge in [0, 0.05) is 19.3 Å². The van der Waals surface area contributed by atoms with Gasteiger partial charge in [0.1, 0.15) is 11.6 Å². The Hall–Kier alpha value is -2.16. The summed E-state index contributed by atoms with van der Waals surface area (Å²) in [5, 5.41) is 2.46. The van der Waals surface area contributed by atoms with Gasteiger partial charge in [0.2, 0.25) is 5.91 Å². The molecule has 1 aliphatic rings. The van der Waals surface area contributed by atoms with Crippen LogP contribution in [0.1, 0.15) is 17.3 Å². The molecule has 8 nitrogen and oxygen atoms in total. The smallest absolute Gasteiger partial charge is 0.260 e. The van der Waals surface area contributed by atoms with Crippen molar-refractivity contribution in [2.24, 2.45) is 0 Å². The molecule has 2 N–H and O–H groups in total. The van der Waals surface area contributed by atoms with E-state index < -0.39 is 27.3 Å². The lowest BCUT2D eigenvalue weighted by atomic mass is 10.2. The van der Waals surface area contributed by atoms with E-state index >= 15 is 0 Å². The number of hydrogen-bond donors (Lipinski definition) is 2. The fourth-order valence-corrected chi connectivity index (χ4v) is 3.34. The lowest BCUT2D eigenvalue weighted by Gasteiger charge is -2.29. The van der Waals surface area contributed by atoms with E-state index in [2.05, 4.69) is 10.3 Å². The Labute approximate surface area is 127 Å². The first-order valence-electron chi connectivity index (χ1n) is 6.78. The van der Waals surface area contributed by atoms with Crippen LogP contribution in [0.3, 0.4) is 0 Å². The van der Waals surface area contributed by atoms with Crippen molar-refractivity contribution in [1.82, 2.24) is 15.2 Å². The molecule has 9 heteroatoms. The van der Waals surface area contributed by atoms with Crippen LogP contribution in [0.4, 0.5) is 0 Å². The number of aromatic amines is 1. The van der Waals surface area contributed by atoms with Crippen LogP contribution in [0.15, 0.2) is 23.1 Å². The summed E-state index contributed by atoms with van der Waals surface area (Å²) >= 11 is 0. The quantitative estimate of drug-likeness (QED) is 0.719. The number of nitrogens with zero attached hydrogens (tertiary/aromatic N) is 1. The van der Waals surface area contributed by atoms with Crippen LogP contribution in [0.5, 0.6) is 0 Å². The van der Waals surface area contributed by atoms with Crippen LogP contribution in [-0.2, 0) is 14.6 Å². The van der Waals surface area contributed by atoms with Gasteiger partial charge >= 0.3 is 0 Å². The highest BCUT2D eigenvalue weighted by atomic mass is 32.2. The van der Waals surface area contributed by atoms with Gasteiger partial charge in [-0.3, -0.25) is 14.4 Å². The van der Waals surface area contributed by atoms with Gasteiger partial charge in [-0.25, -0.2) is 8.42 Å². The number of amides is 2. The van der Waals surface area contributed by atoms with Gasteiger partial charge in [0.25, 0.3) is 11.5 Å². The van der Waals surface area contributed by atoms with Gasteiger partial charge in [0.15, 0.2) is 9.84 Å². The highest BCUT2D eigenvalue weighted by Crippen LogP contribution is 2.06. The average Bonchev–Trinajstić information content (AvgIpc) is 2.46. The monoisotopic (exact) mass is 327 g/mol. The summed E-state index contributed by atoms with van der Waals surface area (Å²) in [6.45, 7) is 1.74. The number of aromatic nitrogens is 1. The van der Waals surface area contributed by atoms with Crippen molar-refractivity contribution in [3.63, 3.8) is 0 Å². The van der Waals surface area contributed by atoms with Crippen LogP contribution in [0.25, 0.3) is 0 Å². The van der Waals surface area contributed by atoms with Crippen LogP contribution in [-0.4, -0.2) is 60.8 Å². The van der Waals surface area contributed by atoms with Gasteiger partial charge in [-0.15, -0.1) is 0 Å². The van der Waals surface area contributed by atoms with Crippen LogP contribution < -0.4 is 10.9 Å². The number of hydrogen-bond acceptors (Lipinski definition) is 5. The van der Waals surface area contributed by atoms with Crippen LogP contribution in [0, 0.1) is 0 Å². The number of H-pyrrole nitrogens is 1. The molecule has 2 amide bonds. The first kappa shape index (κ1) is 16.2. The number of rotatable bonds is 3. The van der Waals surface area contributed by atoms with Crippen LogP contribution >= 0.6 is 0 Å². The number of nitrogens with one attached hydrogen (secondary N) is 2. The molecular weight excluding hydrogens is 310 g/mol. The van der Waals surface area contributed by atoms with Gasteiger partial charge in [0.05, 0.1) is 11.5 Å². The van der Waals surface area contributed by atoms with E-state index in [9.17, 15) is 22.8 Å². The van der Waals surface area contributed by atoms with Crippen molar-refractivity contribution >= 4 is 21.7 Å². The molecule has 0 aliphatic carbocycles. The Morgan fingerprint density at radius 2 is 1.95 bits per heavy atom. The van der Waals surface area contributed by atoms with Gasteiger partial charge in [-0.2, -0.15) is 0 Å². The van der Waals surface area contributed by atoms with E-state index in [4.69, 9.17) is 0 Å². The zero-order chi connectivity index (χ0) is 16.3. The number of carbonyl (C=O) groups is 2. The summed E-state index contributed by atoms with van der Waals surface area (Å²) in [4.78, 5) is 39.4. The average molecular weight is 327 g/mol. The molecule has 1 fully saturated rings. The van der Waals surface area contributed by atoms with Gasteiger partial charge < -0.3 is 15.2 Å². The third kappa shape index (κ3) is 3.73. The first-order chi connectivity index (χ1) is 10.3. The number of sulfone groups is 1. The molecule has 1 aromatic heterocycles. The molecule has 22 heavy (non-hydrogen) atoms. The van der Waals surface area contributed by atoms with E-state index in [0.29, 0.717) is 0 Å². The first-order valence-corrected chi connectivity index (χ1v) is 8.60. The molecule has 0 bridgehead atoms. The van der Waals surface area contributed by atoms with Crippen molar-refractivity contribution in [1.29, 1.82) is 0 Å². The molecule has 1 unspecified atom stereocenters. The summed E-state index contributed by atoms with van der Waals surface area (Å²) in [7, 11) is -3.07. The SMILES string of the molecule is CC(NC(=O)c1ccc[nH]c1=O)C(=O)N1CCS(=O)(=O)CC1. The Bertz CT molecular complexity index is 726. The van der Waals surface area contributed by atoms with Crippen molar-refractivity contribution in [2.45, 2.75) is 13.0 Å². The largest absolute Gasteiger partial charge is 0.340 e. The minimum atomic E-state index is -3.07. The summed E-state index contributed by atoms with van der Waals surface area (Å²) in [6.07, 6.45) is 1.40. The molecule has 0 aromatic carbocycles. The maximum absolute atomic E-state index is 12.2. The lowest BCUT2D eigenvalue weighted by molar-refractivity contribution is -0.132. The molecule has 1 saturated heterocycles. The van der Waals surface area contributed by atoms with E-state index in [-0.39, 0.29) is 36.1 Å². The van der Waals surface area contributed by atoms with E-state index in [1.807, 2.05) is 0 Å². The fraction of sp³-hybridized carbons (Fsp3) is 0.462. The molecular formula is C13H17N3O5S. The molecule has 1 aromatic rings. The van der Waals surface area contributed by atoms with E-state index in [1.54, 1.807) is 0 Å². The van der Waals surface area contributed by atoms with Crippen molar-refractivity contribution in [3.8, 4) is 0 Å². The Morgan fingerprint density at radius 1 is 1.32 bits per heavy atom. The lowest BCUT2D eigenvalue weighted by Crippen LogP contribution is -2.52. The van der Waals surface area contributed by atoms with Crippen molar-refractivity contribution in [3.05, 3.63) is 34.2 Å². The maximum atomic E-state index is 12.2.